The first kappa shape index (κ1) is 7.05. The van der Waals surface area contributed by atoms with Crippen molar-refractivity contribution in [1.29, 1.82) is 0 Å². The first-order valence-corrected chi connectivity index (χ1v) is 2.94. The molecule has 0 atom stereocenters. The Balaban J connectivity index is 2.49. The van der Waals surface area contributed by atoms with Crippen LogP contribution < -0.4 is 4.74 Å². The van der Waals surface area contributed by atoms with Crippen LogP contribution in [0.3, 0.4) is 0 Å². The average molecular weight is 145 g/mol. The van der Waals surface area contributed by atoms with Crippen LogP contribution in [0.5, 0.6) is 5.75 Å². The summed E-state index contributed by atoms with van der Waals surface area (Å²) in [5, 5.41) is 3.55. The number of rotatable bonds is 3. The van der Waals surface area contributed by atoms with E-state index >= 15 is 0 Å². The zero-order chi connectivity index (χ0) is 7.40. The van der Waals surface area contributed by atoms with Gasteiger partial charge in [0.25, 0.3) is 0 Å². The van der Waals surface area contributed by atoms with Crippen LogP contribution >= 0.6 is 0 Å². The van der Waals surface area contributed by atoms with Crippen LogP contribution in [-0.2, 0) is 0 Å². The van der Waals surface area contributed by atoms with Gasteiger partial charge in [-0.1, -0.05) is 5.16 Å². The topological polar surface area (TPSA) is 35.3 Å². The fourth-order valence-electron chi connectivity index (χ4n) is 0.571. The Labute approximate surface area is 57.8 Å². The highest BCUT2D eigenvalue weighted by atomic mass is 19.1. The van der Waals surface area contributed by atoms with Gasteiger partial charge in [-0.3, -0.25) is 0 Å². The molecule has 0 aliphatic heterocycles. The molecule has 56 valence electrons. The summed E-state index contributed by atoms with van der Waals surface area (Å²) >= 11 is 0. The van der Waals surface area contributed by atoms with E-state index in [1.165, 1.54) is 6.26 Å². The summed E-state index contributed by atoms with van der Waals surface area (Å²) in [5.74, 6) is 0.512. The van der Waals surface area contributed by atoms with Crippen molar-refractivity contribution in [1.82, 2.24) is 5.16 Å². The molecule has 0 radical (unpaired) electrons. The SMILES string of the molecule is Cc1nocc1OCCF. The molecule has 0 aliphatic rings. The number of aryl methyl sites for hydroxylation is 1. The summed E-state index contributed by atoms with van der Waals surface area (Å²) in [6.07, 6.45) is 1.35. The minimum Gasteiger partial charge on any atom is -0.485 e. The lowest BCUT2D eigenvalue weighted by atomic mass is 10.4. The molecule has 10 heavy (non-hydrogen) atoms. The Morgan fingerprint density at radius 2 is 2.60 bits per heavy atom. The molecular formula is C6H8FNO2. The van der Waals surface area contributed by atoms with Crippen LogP contribution in [0.1, 0.15) is 5.69 Å². The summed E-state index contributed by atoms with van der Waals surface area (Å²) in [6.45, 7) is 1.30. The lowest BCUT2D eigenvalue weighted by Crippen LogP contribution is -1.98. The van der Waals surface area contributed by atoms with Crippen molar-refractivity contribution < 1.29 is 13.7 Å². The predicted octanol–water partition coefficient (Wildman–Crippen LogP) is 1.33. The van der Waals surface area contributed by atoms with Gasteiger partial charge in [0, 0.05) is 0 Å². The van der Waals surface area contributed by atoms with E-state index in [9.17, 15) is 4.39 Å². The third-order valence-corrected chi connectivity index (χ3v) is 1.04. The molecule has 1 rings (SSSR count). The Morgan fingerprint density at radius 3 is 3.10 bits per heavy atom. The second-order valence-corrected chi connectivity index (χ2v) is 1.80. The van der Waals surface area contributed by atoms with Crippen LogP contribution in [0.2, 0.25) is 0 Å². The van der Waals surface area contributed by atoms with Gasteiger partial charge >= 0.3 is 0 Å². The number of alkyl halides is 1. The highest BCUT2D eigenvalue weighted by Crippen LogP contribution is 2.14. The van der Waals surface area contributed by atoms with E-state index in [2.05, 4.69) is 9.68 Å². The third-order valence-electron chi connectivity index (χ3n) is 1.04. The number of hydrogen-bond donors (Lipinski definition) is 0. The monoisotopic (exact) mass is 145 g/mol. The lowest BCUT2D eigenvalue weighted by Gasteiger charge is -1.97. The van der Waals surface area contributed by atoms with Gasteiger partial charge < -0.3 is 9.26 Å². The van der Waals surface area contributed by atoms with Crippen LogP contribution in [0, 0.1) is 6.92 Å². The molecule has 0 saturated heterocycles. The Bertz CT molecular complexity index is 199. The van der Waals surface area contributed by atoms with Crippen LogP contribution in [0.25, 0.3) is 0 Å². The van der Waals surface area contributed by atoms with Crippen LogP contribution in [0.4, 0.5) is 4.39 Å². The van der Waals surface area contributed by atoms with E-state index in [1.807, 2.05) is 0 Å². The molecular weight excluding hydrogens is 137 g/mol. The number of halogens is 1. The van der Waals surface area contributed by atoms with Gasteiger partial charge in [-0.25, -0.2) is 4.39 Å². The van der Waals surface area contributed by atoms with Crippen molar-refractivity contribution in [2.45, 2.75) is 6.92 Å². The molecule has 0 aromatic carbocycles. The molecule has 0 aliphatic carbocycles. The molecule has 1 heterocycles. The van der Waals surface area contributed by atoms with Gasteiger partial charge in [0.1, 0.15) is 19.0 Å². The second kappa shape index (κ2) is 3.20. The maximum Gasteiger partial charge on any atom is 0.181 e. The number of ether oxygens (including phenoxy) is 1. The molecule has 0 N–H and O–H groups in total. The summed E-state index contributed by atoms with van der Waals surface area (Å²) < 4.78 is 21.0. The van der Waals surface area contributed by atoms with E-state index in [0.29, 0.717) is 11.4 Å². The molecule has 0 unspecified atom stereocenters. The smallest absolute Gasteiger partial charge is 0.181 e. The van der Waals surface area contributed by atoms with Crippen molar-refractivity contribution in [3.8, 4) is 5.75 Å². The van der Waals surface area contributed by atoms with E-state index in [4.69, 9.17) is 4.74 Å². The van der Waals surface area contributed by atoms with E-state index in [0.717, 1.165) is 0 Å². The molecule has 0 fully saturated rings. The summed E-state index contributed by atoms with van der Waals surface area (Å²) in [4.78, 5) is 0. The van der Waals surface area contributed by atoms with Crippen molar-refractivity contribution in [3.05, 3.63) is 12.0 Å². The zero-order valence-electron chi connectivity index (χ0n) is 5.63. The third kappa shape index (κ3) is 1.46. The van der Waals surface area contributed by atoms with Crippen molar-refractivity contribution in [3.63, 3.8) is 0 Å². The average Bonchev–Trinajstić information content (AvgIpc) is 2.31. The van der Waals surface area contributed by atoms with Gasteiger partial charge in [-0.2, -0.15) is 0 Å². The van der Waals surface area contributed by atoms with Crippen molar-refractivity contribution in [2.24, 2.45) is 0 Å². The molecule has 3 nitrogen and oxygen atoms in total. The normalized spacial score (nSPS) is 9.80. The molecule has 0 saturated carbocycles. The fourth-order valence-corrected chi connectivity index (χ4v) is 0.571. The predicted molar refractivity (Wildman–Crippen MR) is 32.7 cm³/mol. The highest BCUT2D eigenvalue weighted by Gasteiger charge is 2.01. The molecule has 4 heteroatoms. The molecule has 0 spiro atoms. The minimum atomic E-state index is -0.495. The van der Waals surface area contributed by atoms with Gasteiger partial charge in [0.15, 0.2) is 12.0 Å². The fraction of sp³-hybridized carbons (Fsp3) is 0.500. The van der Waals surface area contributed by atoms with Gasteiger partial charge in [-0.15, -0.1) is 0 Å². The van der Waals surface area contributed by atoms with Gasteiger partial charge in [-0.05, 0) is 6.92 Å². The largest absolute Gasteiger partial charge is 0.485 e. The molecule has 0 amide bonds. The number of hydrogen-bond acceptors (Lipinski definition) is 3. The first-order valence-electron chi connectivity index (χ1n) is 2.94. The van der Waals surface area contributed by atoms with Crippen molar-refractivity contribution in [2.75, 3.05) is 13.3 Å². The summed E-state index contributed by atoms with van der Waals surface area (Å²) in [6, 6.07) is 0. The second-order valence-electron chi connectivity index (χ2n) is 1.80. The quantitative estimate of drug-likeness (QED) is 0.643. The number of aromatic nitrogens is 1. The van der Waals surface area contributed by atoms with Crippen molar-refractivity contribution >= 4 is 0 Å². The Morgan fingerprint density at radius 1 is 1.80 bits per heavy atom. The van der Waals surface area contributed by atoms with Crippen LogP contribution in [0.15, 0.2) is 10.8 Å². The van der Waals surface area contributed by atoms with E-state index < -0.39 is 6.67 Å². The Hall–Kier alpha value is -1.06. The maximum absolute atomic E-state index is 11.5. The summed E-state index contributed by atoms with van der Waals surface area (Å²) in [5.41, 5.74) is 0.647. The van der Waals surface area contributed by atoms with Crippen LogP contribution in [-0.4, -0.2) is 18.4 Å². The minimum absolute atomic E-state index is 0.0576. The molecule has 0 bridgehead atoms. The van der Waals surface area contributed by atoms with E-state index in [1.54, 1.807) is 6.92 Å². The highest BCUT2D eigenvalue weighted by molar-refractivity contribution is 5.19. The lowest BCUT2D eigenvalue weighted by molar-refractivity contribution is 0.269. The standard InChI is InChI=1S/C6H8FNO2/c1-5-6(4-10-8-5)9-3-2-7/h4H,2-3H2,1H3. The van der Waals surface area contributed by atoms with E-state index in [-0.39, 0.29) is 6.61 Å². The molecule has 1 aromatic rings. The summed E-state index contributed by atoms with van der Waals surface area (Å²) in [7, 11) is 0. The Kier molecular flexibility index (Phi) is 2.25. The number of nitrogens with zero attached hydrogens (tertiary/aromatic N) is 1. The van der Waals surface area contributed by atoms with Gasteiger partial charge in [0.2, 0.25) is 0 Å². The molecule has 1 aromatic heterocycles. The maximum atomic E-state index is 11.5. The zero-order valence-corrected chi connectivity index (χ0v) is 5.63. The van der Waals surface area contributed by atoms with Gasteiger partial charge in [0.05, 0.1) is 0 Å². The first-order chi connectivity index (χ1) is 4.84.